The molecule has 1 aliphatic rings. The number of rotatable bonds is 4. The summed E-state index contributed by atoms with van der Waals surface area (Å²) in [5.74, 6) is 0. The molecule has 0 radical (unpaired) electrons. The van der Waals surface area contributed by atoms with Crippen LogP contribution in [0.1, 0.15) is 11.1 Å². The molecular formula is C21H22BrCl2N3. The van der Waals surface area contributed by atoms with Crippen LogP contribution in [0.5, 0.6) is 0 Å². The summed E-state index contributed by atoms with van der Waals surface area (Å²) in [5, 5.41) is 2.78. The van der Waals surface area contributed by atoms with Gasteiger partial charge in [0.1, 0.15) is 0 Å². The van der Waals surface area contributed by atoms with E-state index in [2.05, 4.69) is 61.7 Å². The van der Waals surface area contributed by atoms with Crippen LogP contribution in [-0.2, 0) is 20.1 Å². The van der Waals surface area contributed by atoms with Gasteiger partial charge in [0, 0.05) is 77.9 Å². The maximum Gasteiger partial charge on any atom is 0.0481 e. The molecule has 0 saturated carbocycles. The maximum absolute atomic E-state index is 6.33. The third-order valence-electron chi connectivity index (χ3n) is 5.30. The van der Waals surface area contributed by atoms with Gasteiger partial charge in [0.05, 0.1) is 0 Å². The molecule has 0 bridgehead atoms. The van der Waals surface area contributed by atoms with Crippen LogP contribution >= 0.6 is 39.1 Å². The predicted octanol–water partition coefficient (Wildman–Crippen LogP) is 5.57. The zero-order valence-electron chi connectivity index (χ0n) is 15.3. The van der Waals surface area contributed by atoms with Gasteiger partial charge in [-0.15, -0.1) is 0 Å². The first kappa shape index (κ1) is 19.3. The molecule has 1 aliphatic heterocycles. The van der Waals surface area contributed by atoms with Crippen molar-refractivity contribution in [2.75, 3.05) is 26.2 Å². The Hall–Kier alpha value is -1.04. The van der Waals surface area contributed by atoms with Gasteiger partial charge < -0.3 is 4.57 Å². The van der Waals surface area contributed by atoms with E-state index in [1.807, 2.05) is 18.2 Å². The molecule has 1 aromatic heterocycles. The SMILES string of the molecule is Cn1cc(CN2CCN(Cc3ccc(Cl)cc3Cl)CC2)c2cc(Br)ccc21. The van der Waals surface area contributed by atoms with Crippen molar-refractivity contribution in [2.45, 2.75) is 13.1 Å². The largest absolute Gasteiger partial charge is 0.350 e. The Balaban J connectivity index is 1.39. The standard InChI is InChI=1S/C21H22BrCl2N3/c1-25-12-16(19-10-17(22)3-5-21(19)25)14-27-8-6-26(7-9-27)13-15-2-4-18(23)11-20(15)24/h2-5,10-12H,6-9,13-14H2,1H3. The molecule has 0 atom stereocenters. The minimum atomic E-state index is 0.690. The van der Waals surface area contributed by atoms with Gasteiger partial charge >= 0.3 is 0 Å². The lowest BCUT2D eigenvalue weighted by Gasteiger charge is -2.34. The smallest absolute Gasteiger partial charge is 0.0481 e. The second kappa shape index (κ2) is 8.14. The van der Waals surface area contributed by atoms with Crippen LogP contribution in [0.2, 0.25) is 10.0 Å². The fourth-order valence-corrected chi connectivity index (χ4v) is 4.64. The van der Waals surface area contributed by atoms with E-state index in [9.17, 15) is 0 Å². The molecule has 0 N–H and O–H groups in total. The molecule has 0 unspecified atom stereocenters. The highest BCUT2D eigenvalue weighted by atomic mass is 79.9. The number of aromatic nitrogens is 1. The highest BCUT2D eigenvalue weighted by Crippen LogP contribution is 2.26. The van der Waals surface area contributed by atoms with Crippen LogP contribution in [0, 0.1) is 0 Å². The lowest BCUT2D eigenvalue weighted by molar-refractivity contribution is 0.122. The molecule has 2 aromatic carbocycles. The minimum Gasteiger partial charge on any atom is -0.350 e. The van der Waals surface area contributed by atoms with Gasteiger partial charge in [-0.3, -0.25) is 9.80 Å². The Kier molecular flexibility index (Phi) is 5.81. The van der Waals surface area contributed by atoms with Gasteiger partial charge in [0.15, 0.2) is 0 Å². The third-order valence-corrected chi connectivity index (χ3v) is 6.38. The minimum absolute atomic E-state index is 0.690. The number of nitrogens with zero attached hydrogens (tertiary/aromatic N) is 3. The molecule has 27 heavy (non-hydrogen) atoms. The van der Waals surface area contributed by atoms with Crippen molar-refractivity contribution in [2.24, 2.45) is 7.05 Å². The number of piperazine rings is 1. The highest BCUT2D eigenvalue weighted by molar-refractivity contribution is 9.10. The van der Waals surface area contributed by atoms with E-state index in [4.69, 9.17) is 23.2 Å². The van der Waals surface area contributed by atoms with E-state index in [1.54, 1.807) is 0 Å². The van der Waals surface area contributed by atoms with Crippen molar-refractivity contribution in [3.63, 3.8) is 0 Å². The third kappa shape index (κ3) is 4.36. The Labute approximate surface area is 178 Å². The summed E-state index contributed by atoms with van der Waals surface area (Å²) in [6, 6.07) is 12.3. The molecule has 0 spiro atoms. The van der Waals surface area contributed by atoms with E-state index in [0.29, 0.717) is 5.02 Å². The van der Waals surface area contributed by atoms with Gasteiger partial charge in [-0.1, -0.05) is 45.2 Å². The zero-order chi connectivity index (χ0) is 19.0. The summed E-state index contributed by atoms with van der Waals surface area (Å²) in [7, 11) is 2.12. The molecule has 1 fully saturated rings. The summed E-state index contributed by atoms with van der Waals surface area (Å²) >= 11 is 15.9. The van der Waals surface area contributed by atoms with Crippen LogP contribution in [0.25, 0.3) is 10.9 Å². The number of hydrogen-bond donors (Lipinski definition) is 0. The monoisotopic (exact) mass is 465 g/mol. The van der Waals surface area contributed by atoms with Gasteiger partial charge in [0.2, 0.25) is 0 Å². The van der Waals surface area contributed by atoms with Crippen molar-refractivity contribution >= 4 is 50.0 Å². The van der Waals surface area contributed by atoms with E-state index in [0.717, 1.165) is 54.3 Å². The number of benzene rings is 2. The predicted molar refractivity (Wildman–Crippen MR) is 118 cm³/mol. The Morgan fingerprint density at radius 2 is 1.56 bits per heavy atom. The van der Waals surface area contributed by atoms with Crippen LogP contribution in [0.15, 0.2) is 47.1 Å². The van der Waals surface area contributed by atoms with E-state index < -0.39 is 0 Å². The summed E-state index contributed by atoms with van der Waals surface area (Å²) in [6.07, 6.45) is 2.26. The van der Waals surface area contributed by atoms with Gasteiger partial charge in [-0.05, 0) is 41.5 Å². The fraction of sp³-hybridized carbons (Fsp3) is 0.333. The Morgan fingerprint density at radius 1 is 0.889 bits per heavy atom. The molecule has 142 valence electrons. The molecule has 6 heteroatoms. The molecule has 3 aromatic rings. The second-order valence-corrected chi connectivity index (χ2v) is 8.97. The molecule has 3 nitrogen and oxygen atoms in total. The van der Waals surface area contributed by atoms with Crippen LogP contribution in [-0.4, -0.2) is 40.5 Å². The van der Waals surface area contributed by atoms with E-state index in [1.165, 1.54) is 16.5 Å². The normalized spacial score (nSPS) is 16.3. The van der Waals surface area contributed by atoms with Crippen LogP contribution in [0.4, 0.5) is 0 Å². The number of aryl methyl sites for hydroxylation is 1. The second-order valence-electron chi connectivity index (χ2n) is 7.21. The summed E-state index contributed by atoms with van der Waals surface area (Å²) in [4.78, 5) is 5.00. The van der Waals surface area contributed by atoms with Gasteiger partial charge in [-0.25, -0.2) is 0 Å². The van der Waals surface area contributed by atoms with E-state index in [-0.39, 0.29) is 0 Å². The average molecular weight is 467 g/mol. The average Bonchev–Trinajstić information content (AvgIpc) is 2.94. The van der Waals surface area contributed by atoms with Crippen molar-refractivity contribution in [3.8, 4) is 0 Å². The van der Waals surface area contributed by atoms with Crippen molar-refractivity contribution in [1.29, 1.82) is 0 Å². The van der Waals surface area contributed by atoms with Crippen molar-refractivity contribution in [1.82, 2.24) is 14.4 Å². The van der Waals surface area contributed by atoms with Crippen LogP contribution in [0.3, 0.4) is 0 Å². The number of fused-ring (bicyclic) bond motifs is 1. The zero-order valence-corrected chi connectivity index (χ0v) is 18.4. The van der Waals surface area contributed by atoms with Gasteiger partial charge in [-0.2, -0.15) is 0 Å². The number of halogens is 3. The topological polar surface area (TPSA) is 11.4 Å². The molecule has 1 saturated heterocycles. The first-order chi connectivity index (χ1) is 13.0. The molecular weight excluding hydrogens is 445 g/mol. The quantitative estimate of drug-likeness (QED) is 0.498. The van der Waals surface area contributed by atoms with Gasteiger partial charge in [0.25, 0.3) is 0 Å². The van der Waals surface area contributed by atoms with Crippen LogP contribution < -0.4 is 0 Å². The summed E-state index contributed by atoms with van der Waals surface area (Å²) < 4.78 is 3.35. The first-order valence-corrected chi connectivity index (χ1v) is 10.7. The fourth-order valence-electron chi connectivity index (χ4n) is 3.81. The molecule has 0 amide bonds. The summed E-state index contributed by atoms with van der Waals surface area (Å²) in [6.45, 7) is 6.10. The first-order valence-electron chi connectivity index (χ1n) is 9.12. The Morgan fingerprint density at radius 3 is 2.22 bits per heavy atom. The van der Waals surface area contributed by atoms with E-state index >= 15 is 0 Å². The lowest BCUT2D eigenvalue weighted by atomic mass is 10.1. The highest BCUT2D eigenvalue weighted by Gasteiger charge is 2.19. The Bertz CT molecular complexity index is 961. The van der Waals surface area contributed by atoms with Crippen molar-refractivity contribution < 1.29 is 0 Å². The summed E-state index contributed by atoms with van der Waals surface area (Å²) in [5.41, 5.74) is 3.82. The molecule has 4 rings (SSSR count). The number of hydrogen-bond acceptors (Lipinski definition) is 2. The lowest BCUT2D eigenvalue weighted by Crippen LogP contribution is -2.45. The van der Waals surface area contributed by atoms with Crippen molar-refractivity contribution in [3.05, 3.63) is 68.2 Å². The molecule has 2 heterocycles. The maximum atomic E-state index is 6.33. The molecule has 0 aliphatic carbocycles.